The Morgan fingerprint density at radius 3 is 2.61 bits per heavy atom. The van der Waals surface area contributed by atoms with Crippen LogP contribution in [-0.2, 0) is 14.8 Å². The first-order valence-electron chi connectivity index (χ1n) is 10.1. The maximum atomic E-state index is 13.0. The second-order valence-corrected chi connectivity index (χ2v) is 11.3. The summed E-state index contributed by atoms with van der Waals surface area (Å²) < 4.78 is 27.1. The van der Waals surface area contributed by atoms with Crippen molar-refractivity contribution in [3.05, 3.63) is 58.1 Å². The molecule has 2 aromatic carbocycles. The number of fused-ring (bicyclic) bond motifs is 1. The summed E-state index contributed by atoms with van der Waals surface area (Å²) in [5, 5.41) is 1.75. The highest BCUT2D eigenvalue weighted by atomic mass is 35.5. The predicted octanol–water partition coefficient (Wildman–Crippen LogP) is 4.43. The summed E-state index contributed by atoms with van der Waals surface area (Å²) >= 11 is 7.74. The first kappa shape index (κ1) is 22.0. The maximum absolute atomic E-state index is 13.0. The van der Waals surface area contributed by atoms with E-state index in [1.54, 1.807) is 28.4 Å². The zero-order valence-corrected chi connectivity index (χ0v) is 19.8. The SMILES string of the molecule is Cc1ccccc1N(CC(=O)N1CCC(c2nc3cc(Cl)ccc3s2)CC1)S(C)(=O)=O. The van der Waals surface area contributed by atoms with E-state index < -0.39 is 10.0 Å². The molecule has 4 rings (SSSR count). The Kier molecular flexibility index (Phi) is 6.23. The van der Waals surface area contributed by atoms with E-state index in [0.717, 1.165) is 39.9 Å². The van der Waals surface area contributed by atoms with Gasteiger partial charge in [0.25, 0.3) is 0 Å². The third kappa shape index (κ3) is 4.86. The summed E-state index contributed by atoms with van der Waals surface area (Å²) in [6.07, 6.45) is 2.75. The highest BCUT2D eigenvalue weighted by Crippen LogP contribution is 2.35. The molecule has 1 amide bonds. The Bertz CT molecular complexity index is 1220. The van der Waals surface area contributed by atoms with Crippen LogP contribution in [0.1, 0.15) is 29.3 Å². The average Bonchev–Trinajstić information content (AvgIpc) is 3.15. The Morgan fingerprint density at radius 2 is 1.94 bits per heavy atom. The second-order valence-electron chi connectivity index (χ2n) is 7.88. The van der Waals surface area contributed by atoms with Gasteiger partial charge in [-0.25, -0.2) is 13.4 Å². The first-order valence-corrected chi connectivity index (χ1v) is 13.1. The maximum Gasteiger partial charge on any atom is 0.243 e. The fraction of sp³-hybridized carbons (Fsp3) is 0.364. The van der Waals surface area contributed by atoms with Crippen molar-refractivity contribution < 1.29 is 13.2 Å². The molecular formula is C22H24ClN3O3S2. The molecule has 0 atom stereocenters. The van der Waals surface area contributed by atoms with Gasteiger partial charge in [0.15, 0.2) is 0 Å². The molecule has 0 saturated carbocycles. The van der Waals surface area contributed by atoms with E-state index >= 15 is 0 Å². The number of nitrogens with zero attached hydrogens (tertiary/aromatic N) is 3. The fourth-order valence-electron chi connectivity index (χ4n) is 3.92. The molecule has 0 unspecified atom stereocenters. The van der Waals surface area contributed by atoms with Gasteiger partial charge >= 0.3 is 0 Å². The first-order chi connectivity index (χ1) is 14.7. The smallest absolute Gasteiger partial charge is 0.243 e. The van der Waals surface area contributed by atoms with E-state index in [2.05, 4.69) is 0 Å². The van der Waals surface area contributed by atoms with Crippen LogP contribution in [-0.4, -0.2) is 50.1 Å². The van der Waals surface area contributed by atoms with Crippen LogP contribution < -0.4 is 4.31 Å². The molecule has 1 aliphatic heterocycles. The van der Waals surface area contributed by atoms with Crippen molar-refractivity contribution >= 4 is 54.8 Å². The van der Waals surface area contributed by atoms with Gasteiger partial charge in [-0.1, -0.05) is 29.8 Å². The highest BCUT2D eigenvalue weighted by Gasteiger charge is 2.29. The largest absolute Gasteiger partial charge is 0.341 e. The van der Waals surface area contributed by atoms with E-state index in [1.165, 1.54) is 4.31 Å². The molecule has 3 aromatic rings. The lowest BCUT2D eigenvalue weighted by molar-refractivity contribution is -0.130. The number of benzene rings is 2. The minimum absolute atomic E-state index is 0.178. The number of amides is 1. The molecule has 0 aliphatic carbocycles. The van der Waals surface area contributed by atoms with Gasteiger partial charge in [0.2, 0.25) is 15.9 Å². The molecule has 6 nitrogen and oxygen atoms in total. The number of hydrogen-bond acceptors (Lipinski definition) is 5. The number of thiazole rings is 1. The normalized spacial score (nSPS) is 15.4. The topological polar surface area (TPSA) is 70.6 Å². The van der Waals surface area contributed by atoms with Crippen molar-refractivity contribution in [3.63, 3.8) is 0 Å². The van der Waals surface area contributed by atoms with E-state index in [0.29, 0.717) is 29.7 Å². The van der Waals surface area contributed by atoms with Gasteiger partial charge < -0.3 is 4.90 Å². The van der Waals surface area contributed by atoms with Crippen molar-refractivity contribution in [3.8, 4) is 0 Å². The quantitative estimate of drug-likeness (QED) is 0.545. The number of aromatic nitrogens is 1. The number of carbonyl (C=O) groups is 1. The molecule has 2 heterocycles. The van der Waals surface area contributed by atoms with E-state index in [4.69, 9.17) is 16.6 Å². The Morgan fingerprint density at radius 1 is 1.23 bits per heavy atom. The Labute approximate surface area is 191 Å². The molecule has 0 radical (unpaired) electrons. The lowest BCUT2D eigenvalue weighted by Crippen LogP contribution is -2.45. The lowest BCUT2D eigenvalue weighted by atomic mass is 9.97. The van der Waals surface area contributed by atoms with Gasteiger partial charge in [-0.15, -0.1) is 11.3 Å². The van der Waals surface area contributed by atoms with Gasteiger partial charge in [-0.2, -0.15) is 0 Å². The molecule has 9 heteroatoms. The van der Waals surface area contributed by atoms with Crippen molar-refractivity contribution in [2.75, 3.05) is 30.2 Å². The summed E-state index contributed by atoms with van der Waals surface area (Å²) in [4.78, 5) is 19.5. The molecule has 0 bridgehead atoms. The summed E-state index contributed by atoms with van der Waals surface area (Å²) in [6, 6.07) is 12.9. The number of likely N-dealkylation sites (tertiary alicyclic amines) is 1. The number of carbonyl (C=O) groups excluding carboxylic acids is 1. The summed E-state index contributed by atoms with van der Waals surface area (Å²) in [6.45, 7) is 2.83. The number of piperidine rings is 1. The molecular weight excluding hydrogens is 454 g/mol. The van der Waals surface area contributed by atoms with Crippen LogP contribution in [0.5, 0.6) is 0 Å². The summed E-state index contributed by atoms with van der Waals surface area (Å²) in [5.41, 5.74) is 2.27. The van der Waals surface area contributed by atoms with Crippen LogP contribution in [0.25, 0.3) is 10.2 Å². The van der Waals surface area contributed by atoms with Crippen molar-refractivity contribution in [2.24, 2.45) is 0 Å². The highest BCUT2D eigenvalue weighted by molar-refractivity contribution is 7.92. The van der Waals surface area contributed by atoms with Gasteiger partial charge in [0.1, 0.15) is 6.54 Å². The lowest BCUT2D eigenvalue weighted by Gasteiger charge is -2.33. The molecule has 164 valence electrons. The van der Waals surface area contributed by atoms with Crippen LogP contribution in [0.15, 0.2) is 42.5 Å². The molecule has 31 heavy (non-hydrogen) atoms. The number of aryl methyl sites for hydroxylation is 1. The van der Waals surface area contributed by atoms with Gasteiger partial charge in [0.05, 0.1) is 27.2 Å². The minimum atomic E-state index is -3.58. The van der Waals surface area contributed by atoms with Crippen LogP contribution in [0, 0.1) is 6.92 Å². The summed E-state index contributed by atoms with van der Waals surface area (Å²) in [5.74, 6) is 0.116. The van der Waals surface area contributed by atoms with Crippen LogP contribution in [0.2, 0.25) is 5.02 Å². The van der Waals surface area contributed by atoms with Crippen molar-refractivity contribution in [2.45, 2.75) is 25.7 Å². The molecule has 1 fully saturated rings. The van der Waals surface area contributed by atoms with Gasteiger partial charge in [-0.3, -0.25) is 9.10 Å². The molecule has 1 aromatic heterocycles. The second kappa shape index (κ2) is 8.76. The van der Waals surface area contributed by atoms with Crippen molar-refractivity contribution in [1.82, 2.24) is 9.88 Å². The van der Waals surface area contributed by atoms with Crippen molar-refractivity contribution in [1.29, 1.82) is 0 Å². The molecule has 1 saturated heterocycles. The number of halogens is 1. The third-order valence-electron chi connectivity index (χ3n) is 5.63. The minimum Gasteiger partial charge on any atom is -0.341 e. The number of para-hydroxylation sites is 1. The van der Waals surface area contributed by atoms with Crippen LogP contribution >= 0.6 is 22.9 Å². The molecule has 0 N–H and O–H groups in total. The van der Waals surface area contributed by atoms with E-state index in [-0.39, 0.29) is 12.5 Å². The predicted molar refractivity (Wildman–Crippen MR) is 127 cm³/mol. The zero-order chi connectivity index (χ0) is 22.2. The number of sulfonamides is 1. The fourth-order valence-corrected chi connectivity index (χ4v) is 6.11. The van der Waals surface area contributed by atoms with Gasteiger partial charge in [0, 0.05) is 24.0 Å². The van der Waals surface area contributed by atoms with E-state index in [1.807, 2.05) is 37.3 Å². The Hall–Kier alpha value is -2.16. The monoisotopic (exact) mass is 477 g/mol. The van der Waals surface area contributed by atoms with Gasteiger partial charge in [-0.05, 0) is 49.6 Å². The number of anilines is 1. The zero-order valence-electron chi connectivity index (χ0n) is 17.4. The number of hydrogen-bond donors (Lipinski definition) is 0. The van der Waals surface area contributed by atoms with Crippen LogP contribution in [0.3, 0.4) is 0 Å². The third-order valence-corrected chi connectivity index (χ3v) is 8.19. The average molecular weight is 478 g/mol. The molecule has 1 aliphatic rings. The summed E-state index contributed by atoms with van der Waals surface area (Å²) in [7, 11) is -3.58. The number of rotatable bonds is 5. The van der Waals surface area contributed by atoms with Crippen LogP contribution in [0.4, 0.5) is 5.69 Å². The van der Waals surface area contributed by atoms with E-state index in [9.17, 15) is 13.2 Å². The standard InChI is InChI=1S/C22H24ClN3O3S2/c1-15-5-3-4-6-19(15)26(31(2,28)29)14-21(27)25-11-9-16(10-12-25)22-24-18-13-17(23)7-8-20(18)30-22/h3-8,13,16H,9-12,14H2,1-2H3. The Balaban J connectivity index is 1.44. The molecule has 0 spiro atoms.